The Morgan fingerprint density at radius 2 is 1.46 bits per heavy atom. The fourth-order valence-electron chi connectivity index (χ4n) is 2.96. The van der Waals surface area contributed by atoms with E-state index in [4.69, 9.17) is 28.9 Å². The van der Waals surface area contributed by atoms with E-state index in [1.165, 1.54) is 24.3 Å². The molecule has 0 bridgehead atoms. The van der Waals surface area contributed by atoms with Crippen LogP contribution in [-0.4, -0.2) is 30.3 Å². The lowest BCUT2D eigenvalue weighted by molar-refractivity contribution is -0.139. The maximum Gasteiger partial charge on any atom is 0.325 e. The van der Waals surface area contributed by atoms with Crippen LogP contribution in [0.3, 0.4) is 0 Å². The summed E-state index contributed by atoms with van der Waals surface area (Å²) in [4.78, 5) is 11.6. The Morgan fingerprint density at radius 3 is 1.92 bits per heavy atom. The fraction of sp³-hybridized carbons (Fsp3) is 0.188. The van der Waals surface area contributed by atoms with Crippen molar-refractivity contribution in [2.45, 2.75) is 21.6 Å². The van der Waals surface area contributed by atoms with E-state index >= 15 is 0 Å². The Morgan fingerprint density at radius 1 is 1.00 bits per heavy atom. The van der Waals surface area contributed by atoms with Crippen LogP contribution in [0.5, 0.6) is 0 Å². The first-order valence-electron chi connectivity index (χ1n) is 6.96. The zero-order chi connectivity index (χ0) is 17.7. The van der Waals surface area contributed by atoms with Crippen LogP contribution in [0.15, 0.2) is 53.4 Å². The first-order chi connectivity index (χ1) is 11.2. The predicted octanol–water partition coefficient (Wildman–Crippen LogP) is 2.72. The van der Waals surface area contributed by atoms with Crippen molar-refractivity contribution in [3.05, 3.63) is 64.1 Å². The molecule has 3 rings (SSSR count). The second-order valence-corrected chi connectivity index (χ2v) is 8.63. The Labute approximate surface area is 148 Å². The third-order valence-electron chi connectivity index (χ3n) is 4.26. The third kappa shape index (κ3) is 2.59. The number of aliphatic carboxylic acids is 1. The van der Waals surface area contributed by atoms with Gasteiger partial charge in [0.15, 0.2) is 9.84 Å². The quantitative estimate of drug-likeness (QED) is 0.842. The van der Waals surface area contributed by atoms with E-state index in [1.807, 2.05) is 0 Å². The molecule has 2 aromatic carbocycles. The summed E-state index contributed by atoms with van der Waals surface area (Å²) in [6.07, 6.45) is 0. The summed E-state index contributed by atoms with van der Waals surface area (Å²) in [7, 11) is -3.94. The van der Waals surface area contributed by atoms with E-state index in [9.17, 15) is 18.3 Å². The van der Waals surface area contributed by atoms with Gasteiger partial charge in [-0.2, -0.15) is 0 Å². The first kappa shape index (κ1) is 17.2. The van der Waals surface area contributed by atoms with Crippen molar-refractivity contribution in [1.29, 1.82) is 0 Å². The minimum Gasteiger partial charge on any atom is -0.480 e. The molecule has 1 fully saturated rings. The molecule has 1 aliphatic carbocycles. The molecule has 2 aromatic rings. The van der Waals surface area contributed by atoms with E-state index in [1.54, 1.807) is 24.3 Å². The predicted molar refractivity (Wildman–Crippen MR) is 91.2 cm³/mol. The summed E-state index contributed by atoms with van der Waals surface area (Å²) in [6, 6.07) is 11.9. The van der Waals surface area contributed by atoms with Crippen LogP contribution >= 0.6 is 23.2 Å². The van der Waals surface area contributed by atoms with Crippen LogP contribution in [0.4, 0.5) is 0 Å². The molecule has 0 amide bonds. The molecule has 0 aromatic heterocycles. The van der Waals surface area contributed by atoms with Crippen molar-refractivity contribution in [3.8, 4) is 0 Å². The summed E-state index contributed by atoms with van der Waals surface area (Å²) < 4.78 is 25.7. The number of carbonyl (C=O) groups is 1. The average molecular weight is 386 g/mol. The van der Waals surface area contributed by atoms with Crippen molar-refractivity contribution in [1.82, 2.24) is 0 Å². The van der Waals surface area contributed by atoms with E-state index in [-0.39, 0.29) is 4.90 Å². The zero-order valence-corrected chi connectivity index (χ0v) is 14.5. The largest absolute Gasteiger partial charge is 0.480 e. The molecule has 24 heavy (non-hydrogen) atoms. The maximum absolute atomic E-state index is 12.9. The molecular formula is C16H13Cl2NO4S. The van der Waals surface area contributed by atoms with Gasteiger partial charge in [-0.25, -0.2) is 8.42 Å². The lowest BCUT2D eigenvalue weighted by Gasteiger charge is -2.06. The zero-order valence-electron chi connectivity index (χ0n) is 12.2. The molecule has 1 saturated carbocycles. The lowest BCUT2D eigenvalue weighted by atomic mass is 10.1. The van der Waals surface area contributed by atoms with Gasteiger partial charge >= 0.3 is 5.97 Å². The molecule has 0 saturated heterocycles. The second-order valence-electron chi connectivity index (χ2n) is 5.69. The van der Waals surface area contributed by atoms with Crippen molar-refractivity contribution in [2.24, 2.45) is 5.73 Å². The minimum absolute atomic E-state index is 0.00978. The van der Waals surface area contributed by atoms with Crippen LogP contribution in [0.2, 0.25) is 10.0 Å². The highest BCUT2D eigenvalue weighted by Crippen LogP contribution is 2.55. The van der Waals surface area contributed by atoms with Crippen LogP contribution in [0, 0.1) is 0 Å². The topological polar surface area (TPSA) is 97.5 Å². The number of carboxylic acid groups (broad SMARTS) is 1. The molecule has 0 radical (unpaired) electrons. The van der Waals surface area contributed by atoms with Crippen molar-refractivity contribution in [3.63, 3.8) is 0 Å². The van der Waals surface area contributed by atoms with Gasteiger partial charge in [0.05, 0.1) is 4.90 Å². The fourth-order valence-corrected chi connectivity index (χ4v) is 5.44. The summed E-state index contributed by atoms with van der Waals surface area (Å²) in [5.41, 5.74) is 4.60. The highest BCUT2D eigenvalue weighted by molar-refractivity contribution is 7.92. The molecule has 0 unspecified atom stereocenters. The molecule has 5 nitrogen and oxygen atoms in total. The smallest absolute Gasteiger partial charge is 0.325 e. The molecule has 0 spiro atoms. The van der Waals surface area contributed by atoms with Gasteiger partial charge in [-0.05, 0) is 42.0 Å². The minimum atomic E-state index is -3.94. The first-order valence-corrected chi connectivity index (χ1v) is 9.26. The van der Waals surface area contributed by atoms with Gasteiger partial charge in [-0.1, -0.05) is 35.3 Å². The number of halogens is 2. The number of carboxylic acids is 1. The summed E-state index contributed by atoms with van der Waals surface area (Å²) in [5.74, 6) is -2.21. The van der Waals surface area contributed by atoms with E-state index < -0.39 is 32.5 Å². The number of nitrogens with two attached hydrogens (primary N) is 1. The molecule has 0 aliphatic heterocycles. The van der Waals surface area contributed by atoms with E-state index in [0.717, 1.165) is 0 Å². The summed E-state index contributed by atoms with van der Waals surface area (Å²) in [5, 5.41) is 9.08. The summed E-state index contributed by atoms with van der Waals surface area (Å²) in [6.45, 7) is 0. The molecular weight excluding hydrogens is 373 g/mol. The maximum atomic E-state index is 12.9. The standard InChI is InChI=1S/C16H13Cl2NO4S/c17-10-3-1-9(2-4-10)13-14(16(13,19)15(20)21)24(22,23)12-7-5-11(18)6-8-12/h1-8,13-14H,19H2,(H,20,21)/t13-,14+,16+/m0/s1. The second kappa shape index (κ2) is 5.74. The third-order valence-corrected chi connectivity index (χ3v) is 7.02. The molecule has 3 atom stereocenters. The molecule has 126 valence electrons. The van der Waals surface area contributed by atoms with Crippen LogP contribution < -0.4 is 5.73 Å². The van der Waals surface area contributed by atoms with E-state index in [0.29, 0.717) is 15.6 Å². The Balaban J connectivity index is 2.06. The van der Waals surface area contributed by atoms with Gasteiger partial charge in [0.2, 0.25) is 0 Å². The molecule has 3 N–H and O–H groups in total. The molecule has 1 aliphatic rings. The van der Waals surface area contributed by atoms with Crippen molar-refractivity contribution in [2.75, 3.05) is 0 Å². The van der Waals surface area contributed by atoms with Gasteiger partial charge in [0, 0.05) is 16.0 Å². The number of hydrogen-bond acceptors (Lipinski definition) is 4. The average Bonchev–Trinajstić information content (AvgIpc) is 3.17. The van der Waals surface area contributed by atoms with Crippen molar-refractivity contribution >= 4 is 39.0 Å². The Hall–Kier alpha value is -1.60. The van der Waals surface area contributed by atoms with Gasteiger partial charge in [-0.15, -0.1) is 0 Å². The summed E-state index contributed by atoms with van der Waals surface area (Å²) >= 11 is 11.6. The van der Waals surface area contributed by atoms with E-state index in [2.05, 4.69) is 0 Å². The Bertz CT molecular complexity index is 897. The number of hydrogen-bond donors (Lipinski definition) is 2. The van der Waals surface area contributed by atoms with Crippen LogP contribution in [0.25, 0.3) is 0 Å². The molecule has 0 heterocycles. The number of sulfone groups is 1. The monoisotopic (exact) mass is 385 g/mol. The van der Waals surface area contributed by atoms with Crippen molar-refractivity contribution < 1.29 is 18.3 Å². The highest BCUT2D eigenvalue weighted by atomic mass is 35.5. The lowest BCUT2D eigenvalue weighted by Crippen LogP contribution is -2.39. The number of benzene rings is 2. The van der Waals surface area contributed by atoms with Gasteiger partial charge in [0.25, 0.3) is 0 Å². The van der Waals surface area contributed by atoms with Gasteiger partial charge < -0.3 is 10.8 Å². The normalized spacial score (nSPS) is 26.1. The number of rotatable bonds is 4. The Kier molecular flexibility index (Phi) is 4.12. The van der Waals surface area contributed by atoms with Gasteiger partial charge in [0.1, 0.15) is 10.8 Å². The SMILES string of the molecule is N[C@@]1(C(=O)O)[C@H](S(=O)(=O)c2ccc(Cl)cc2)[C@@H]1c1ccc(Cl)cc1. The van der Waals surface area contributed by atoms with Crippen LogP contribution in [0.1, 0.15) is 11.5 Å². The van der Waals surface area contributed by atoms with Gasteiger partial charge in [-0.3, -0.25) is 4.79 Å². The highest BCUT2D eigenvalue weighted by Gasteiger charge is 2.74. The molecule has 8 heteroatoms. The van der Waals surface area contributed by atoms with Crippen LogP contribution in [-0.2, 0) is 14.6 Å².